The van der Waals surface area contributed by atoms with Crippen molar-refractivity contribution in [3.63, 3.8) is 0 Å². The van der Waals surface area contributed by atoms with E-state index >= 15 is 0 Å². The maximum Gasteiger partial charge on any atom is 0.265 e. The third kappa shape index (κ3) is 2.85. The molecule has 2 heterocycles. The molecule has 21 heavy (non-hydrogen) atoms. The number of carbonyl (C=O) groups is 1. The van der Waals surface area contributed by atoms with Crippen LogP contribution in [0.15, 0.2) is 24.3 Å². The van der Waals surface area contributed by atoms with E-state index in [0.717, 1.165) is 37.4 Å². The first-order chi connectivity index (χ1) is 10.1. The third-order valence-electron chi connectivity index (χ3n) is 5.05. The van der Waals surface area contributed by atoms with Gasteiger partial charge < -0.3 is 15.0 Å². The van der Waals surface area contributed by atoms with E-state index in [-0.39, 0.29) is 5.91 Å². The largest absolute Gasteiger partial charge is 0.477 e. The molecule has 0 spiro atoms. The van der Waals surface area contributed by atoms with Gasteiger partial charge in [-0.05, 0) is 30.4 Å². The van der Waals surface area contributed by atoms with Gasteiger partial charge in [-0.25, -0.2) is 0 Å². The van der Waals surface area contributed by atoms with E-state index in [4.69, 9.17) is 4.74 Å². The molecule has 0 bridgehead atoms. The molecule has 2 aliphatic rings. The van der Waals surface area contributed by atoms with Gasteiger partial charge in [-0.1, -0.05) is 32.4 Å². The Morgan fingerprint density at radius 2 is 2.10 bits per heavy atom. The van der Waals surface area contributed by atoms with Gasteiger partial charge in [0, 0.05) is 13.1 Å². The van der Waals surface area contributed by atoms with Gasteiger partial charge >= 0.3 is 0 Å². The molecule has 4 heteroatoms. The Labute approximate surface area is 126 Å². The number of nitrogens with zero attached hydrogens (tertiary/aromatic N) is 1. The second-order valence-electron chi connectivity index (χ2n) is 6.47. The summed E-state index contributed by atoms with van der Waals surface area (Å²) in [5.41, 5.74) is 1.37. The Bertz CT molecular complexity index is 521. The minimum absolute atomic E-state index is 0.121. The summed E-state index contributed by atoms with van der Waals surface area (Å²) in [5.74, 6) is 0.896. The Balaban J connectivity index is 1.63. The van der Waals surface area contributed by atoms with Crippen LogP contribution in [0.4, 0.5) is 5.69 Å². The molecule has 0 radical (unpaired) electrons. The zero-order valence-electron chi connectivity index (χ0n) is 12.9. The number of ether oxygens (including phenoxy) is 1. The molecule has 0 aliphatic carbocycles. The molecule has 2 aliphatic heterocycles. The maximum atomic E-state index is 12.6. The summed E-state index contributed by atoms with van der Waals surface area (Å²) in [5, 5.41) is 3.29. The number of rotatable bonds is 2. The zero-order valence-corrected chi connectivity index (χ0v) is 12.9. The van der Waals surface area contributed by atoms with Crippen LogP contribution >= 0.6 is 0 Å². The van der Waals surface area contributed by atoms with Gasteiger partial charge in [0.05, 0.1) is 12.2 Å². The number of hydrogen-bond donors (Lipinski definition) is 1. The van der Waals surface area contributed by atoms with Gasteiger partial charge in [0.25, 0.3) is 5.91 Å². The highest BCUT2D eigenvalue weighted by atomic mass is 16.5. The first kappa shape index (κ1) is 14.2. The summed E-state index contributed by atoms with van der Waals surface area (Å²) in [7, 11) is 0. The van der Waals surface area contributed by atoms with Gasteiger partial charge in [-0.2, -0.15) is 0 Å². The second-order valence-corrected chi connectivity index (χ2v) is 6.47. The summed E-state index contributed by atoms with van der Waals surface area (Å²) in [6, 6.07) is 7.78. The number of benzene rings is 1. The number of likely N-dealkylation sites (tertiary alicyclic amines) is 1. The number of hydrogen-bond acceptors (Lipinski definition) is 3. The van der Waals surface area contributed by atoms with Crippen LogP contribution in [0.5, 0.6) is 5.75 Å². The fourth-order valence-electron chi connectivity index (χ4n) is 3.07. The number of carbonyl (C=O) groups excluding carboxylic acids is 1. The minimum Gasteiger partial charge on any atom is -0.477 e. The molecule has 3 rings (SSSR count). The smallest absolute Gasteiger partial charge is 0.265 e. The topological polar surface area (TPSA) is 41.6 Å². The highest BCUT2D eigenvalue weighted by Gasteiger charge is 2.35. The Hall–Kier alpha value is -1.71. The van der Waals surface area contributed by atoms with Crippen molar-refractivity contribution in [1.29, 1.82) is 0 Å². The molecule has 4 nitrogen and oxygen atoms in total. The molecule has 1 fully saturated rings. The van der Waals surface area contributed by atoms with Crippen molar-refractivity contribution in [3.05, 3.63) is 24.3 Å². The van der Waals surface area contributed by atoms with Crippen molar-refractivity contribution in [2.75, 3.05) is 25.0 Å². The highest BCUT2D eigenvalue weighted by Crippen LogP contribution is 2.35. The third-order valence-corrected chi connectivity index (χ3v) is 5.05. The monoisotopic (exact) mass is 288 g/mol. The molecule has 0 saturated carbocycles. The Morgan fingerprint density at radius 1 is 1.38 bits per heavy atom. The molecular formula is C17H24N2O2. The molecule has 1 amide bonds. The normalized spacial score (nSPS) is 23.7. The SMILES string of the molecule is CCC1(C)CCN(C(=O)C2CNc3ccccc3O2)CC1. The number of para-hydroxylation sites is 2. The van der Waals surface area contributed by atoms with Crippen molar-refractivity contribution in [1.82, 2.24) is 4.90 Å². The van der Waals surface area contributed by atoms with Gasteiger partial charge in [-0.3, -0.25) is 4.79 Å². The lowest BCUT2D eigenvalue weighted by Gasteiger charge is -2.40. The summed E-state index contributed by atoms with van der Waals surface area (Å²) in [6.07, 6.45) is 2.97. The van der Waals surface area contributed by atoms with Crippen LogP contribution in [0.2, 0.25) is 0 Å². The van der Waals surface area contributed by atoms with Crippen LogP contribution in [0.1, 0.15) is 33.1 Å². The van der Waals surface area contributed by atoms with Crippen molar-refractivity contribution in [3.8, 4) is 5.75 Å². The number of fused-ring (bicyclic) bond motifs is 1. The van der Waals surface area contributed by atoms with Crippen LogP contribution in [0.25, 0.3) is 0 Å². The molecule has 0 aromatic heterocycles. The van der Waals surface area contributed by atoms with Crippen molar-refractivity contribution in [2.45, 2.75) is 39.2 Å². The molecule has 114 valence electrons. The van der Waals surface area contributed by atoms with Crippen LogP contribution in [0, 0.1) is 5.41 Å². The number of anilines is 1. The Morgan fingerprint density at radius 3 is 2.81 bits per heavy atom. The molecule has 1 saturated heterocycles. The van der Waals surface area contributed by atoms with E-state index in [0.29, 0.717) is 12.0 Å². The quantitative estimate of drug-likeness (QED) is 0.910. The highest BCUT2D eigenvalue weighted by molar-refractivity contribution is 5.83. The van der Waals surface area contributed by atoms with E-state index in [1.54, 1.807) is 0 Å². The van der Waals surface area contributed by atoms with Gasteiger partial charge in [-0.15, -0.1) is 0 Å². The number of amides is 1. The summed E-state index contributed by atoms with van der Waals surface area (Å²) in [6.45, 7) is 6.82. The lowest BCUT2D eigenvalue weighted by molar-refractivity contribution is -0.140. The standard InChI is InChI=1S/C17H24N2O2/c1-3-17(2)8-10-19(11-9-17)16(20)15-12-18-13-6-4-5-7-14(13)21-15/h4-7,15,18H,3,8-12H2,1-2H3. The van der Waals surface area contributed by atoms with Crippen LogP contribution < -0.4 is 10.1 Å². The zero-order chi connectivity index (χ0) is 14.9. The average molecular weight is 288 g/mol. The Kier molecular flexibility index (Phi) is 3.79. The predicted octanol–water partition coefficient (Wildman–Crippen LogP) is 2.90. The minimum atomic E-state index is -0.397. The number of nitrogens with one attached hydrogen (secondary N) is 1. The first-order valence-electron chi connectivity index (χ1n) is 7.90. The fraction of sp³-hybridized carbons (Fsp3) is 0.588. The fourth-order valence-corrected chi connectivity index (χ4v) is 3.07. The molecule has 1 aromatic carbocycles. The molecular weight excluding hydrogens is 264 g/mol. The van der Waals surface area contributed by atoms with Crippen LogP contribution in [-0.2, 0) is 4.79 Å². The van der Waals surface area contributed by atoms with Crippen LogP contribution in [-0.4, -0.2) is 36.5 Å². The van der Waals surface area contributed by atoms with Crippen molar-refractivity contribution < 1.29 is 9.53 Å². The van der Waals surface area contributed by atoms with E-state index < -0.39 is 6.10 Å². The molecule has 1 N–H and O–H groups in total. The van der Waals surface area contributed by atoms with Gasteiger partial charge in [0.15, 0.2) is 6.10 Å². The molecule has 1 aromatic rings. The van der Waals surface area contributed by atoms with E-state index in [1.165, 1.54) is 6.42 Å². The molecule has 1 unspecified atom stereocenters. The number of piperidine rings is 1. The van der Waals surface area contributed by atoms with Gasteiger partial charge in [0.2, 0.25) is 0 Å². The summed E-state index contributed by atoms with van der Waals surface area (Å²) >= 11 is 0. The van der Waals surface area contributed by atoms with Crippen molar-refractivity contribution in [2.24, 2.45) is 5.41 Å². The predicted molar refractivity (Wildman–Crippen MR) is 83.6 cm³/mol. The molecule has 1 atom stereocenters. The van der Waals surface area contributed by atoms with Gasteiger partial charge in [0.1, 0.15) is 5.75 Å². The van der Waals surface area contributed by atoms with Crippen LogP contribution in [0.3, 0.4) is 0 Å². The summed E-state index contributed by atoms with van der Waals surface area (Å²) in [4.78, 5) is 14.6. The van der Waals surface area contributed by atoms with E-state index in [1.807, 2.05) is 29.2 Å². The lowest BCUT2D eigenvalue weighted by Crippen LogP contribution is -2.50. The van der Waals surface area contributed by atoms with E-state index in [2.05, 4.69) is 19.2 Å². The maximum absolute atomic E-state index is 12.6. The van der Waals surface area contributed by atoms with E-state index in [9.17, 15) is 4.79 Å². The first-order valence-corrected chi connectivity index (χ1v) is 7.90. The average Bonchev–Trinajstić information content (AvgIpc) is 2.54. The second kappa shape index (κ2) is 5.58. The lowest BCUT2D eigenvalue weighted by atomic mass is 9.78. The van der Waals surface area contributed by atoms with Crippen molar-refractivity contribution >= 4 is 11.6 Å². The summed E-state index contributed by atoms with van der Waals surface area (Å²) < 4.78 is 5.87.